The summed E-state index contributed by atoms with van der Waals surface area (Å²) in [6.45, 7) is 3.58. The van der Waals surface area contributed by atoms with E-state index in [2.05, 4.69) is 4.74 Å². The lowest BCUT2D eigenvalue weighted by molar-refractivity contribution is -0.117. The average molecular weight is 130 g/mol. The molecule has 0 radical (unpaired) electrons. The van der Waals surface area contributed by atoms with Crippen LogP contribution in [0.15, 0.2) is 0 Å². The van der Waals surface area contributed by atoms with Gasteiger partial charge in [0, 0.05) is 5.41 Å². The summed E-state index contributed by atoms with van der Waals surface area (Å²) in [5.41, 5.74) is -0.392. The normalized spacial score (nSPS) is 25.7. The molecule has 0 saturated carbocycles. The van der Waals surface area contributed by atoms with Gasteiger partial charge in [0.25, 0.3) is 0 Å². The second-order valence-electron chi connectivity index (χ2n) is 2.96. The van der Waals surface area contributed by atoms with E-state index in [4.69, 9.17) is 5.11 Å². The summed E-state index contributed by atoms with van der Waals surface area (Å²) in [6.07, 6.45) is -0.359. The van der Waals surface area contributed by atoms with Crippen LogP contribution >= 0.6 is 0 Å². The molecule has 0 unspecified atom stereocenters. The largest absolute Gasteiger partial charge is 0.447 e. The Morgan fingerprint density at radius 2 is 2.22 bits per heavy atom. The molecule has 1 atom stereocenters. The fourth-order valence-electron chi connectivity index (χ4n) is 0.644. The SMILES string of the molecule is CC(C)(CO)[C@@H]1OC1=O. The van der Waals surface area contributed by atoms with Gasteiger partial charge in [-0.1, -0.05) is 13.8 Å². The number of rotatable bonds is 2. The number of cyclic esters (lactones) is 1. The van der Waals surface area contributed by atoms with Crippen molar-refractivity contribution in [3.63, 3.8) is 0 Å². The minimum Gasteiger partial charge on any atom is -0.447 e. The zero-order valence-corrected chi connectivity index (χ0v) is 5.55. The van der Waals surface area contributed by atoms with Gasteiger partial charge in [0.05, 0.1) is 6.61 Å². The van der Waals surface area contributed by atoms with E-state index in [0.29, 0.717) is 0 Å². The summed E-state index contributed by atoms with van der Waals surface area (Å²) in [4.78, 5) is 10.4. The van der Waals surface area contributed by atoms with Gasteiger partial charge >= 0.3 is 5.97 Å². The van der Waals surface area contributed by atoms with Crippen molar-refractivity contribution in [1.29, 1.82) is 0 Å². The lowest BCUT2D eigenvalue weighted by atomic mass is 9.91. The third-order valence-electron chi connectivity index (χ3n) is 1.51. The predicted molar refractivity (Wildman–Crippen MR) is 30.7 cm³/mol. The van der Waals surface area contributed by atoms with Crippen molar-refractivity contribution in [2.24, 2.45) is 5.41 Å². The molecule has 3 heteroatoms. The molecule has 0 spiro atoms. The first kappa shape index (κ1) is 6.55. The van der Waals surface area contributed by atoms with E-state index in [1.54, 1.807) is 13.8 Å². The molecule has 0 aromatic carbocycles. The highest BCUT2D eigenvalue weighted by atomic mass is 16.6. The first-order chi connectivity index (χ1) is 4.08. The zero-order valence-electron chi connectivity index (χ0n) is 5.55. The third kappa shape index (κ3) is 1.05. The fourth-order valence-corrected chi connectivity index (χ4v) is 0.644. The van der Waals surface area contributed by atoms with Gasteiger partial charge in [-0.15, -0.1) is 0 Å². The number of carbonyl (C=O) groups excluding carboxylic acids is 1. The first-order valence-corrected chi connectivity index (χ1v) is 2.89. The van der Waals surface area contributed by atoms with Gasteiger partial charge in [0.1, 0.15) is 0 Å². The van der Waals surface area contributed by atoms with Crippen molar-refractivity contribution >= 4 is 5.97 Å². The lowest BCUT2D eigenvalue weighted by Gasteiger charge is -2.14. The molecule has 0 aromatic heterocycles. The molecule has 0 aromatic rings. The van der Waals surface area contributed by atoms with Crippen LogP contribution in [0.5, 0.6) is 0 Å². The molecule has 1 fully saturated rings. The number of epoxide rings is 1. The molecule has 52 valence electrons. The van der Waals surface area contributed by atoms with Crippen LogP contribution in [0.25, 0.3) is 0 Å². The van der Waals surface area contributed by atoms with E-state index in [9.17, 15) is 4.79 Å². The van der Waals surface area contributed by atoms with Crippen molar-refractivity contribution in [2.75, 3.05) is 6.61 Å². The molecule has 1 heterocycles. The smallest absolute Gasteiger partial charge is 0.348 e. The highest BCUT2D eigenvalue weighted by Gasteiger charge is 2.50. The highest BCUT2D eigenvalue weighted by molar-refractivity contribution is 5.88. The molecular formula is C6H10O3. The van der Waals surface area contributed by atoms with Crippen LogP contribution in [0.3, 0.4) is 0 Å². The van der Waals surface area contributed by atoms with E-state index in [0.717, 1.165) is 0 Å². The van der Waals surface area contributed by atoms with Gasteiger partial charge in [-0.2, -0.15) is 0 Å². The molecule has 1 rings (SSSR count). The van der Waals surface area contributed by atoms with Crippen molar-refractivity contribution in [3.8, 4) is 0 Å². The summed E-state index contributed by atoms with van der Waals surface area (Å²) in [5, 5.41) is 8.69. The summed E-state index contributed by atoms with van der Waals surface area (Å²) >= 11 is 0. The monoisotopic (exact) mass is 130 g/mol. The first-order valence-electron chi connectivity index (χ1n) is 2.89. The number of ether oxygens (including phenoxy) is 1. The van der Waals surface area contributed by atoms with Crippen LogP contribution in [0, 0.1) is 5.41 Å². The predicted octanol–water partition coefficient (Wildman–Crippen LogP) is -0.0697. The van der Waals surface area contributed by atoms with Crippen molar-refractivity contribution in [3.05, 3.63) is 0 Å². The van der Waals surface area contributed by atoms with Gasteiger partial charge in [-0.25, -0.2) is 4.79 Å². The number of aliphatic hydroxyl groups excluding tert-OH is 1. The Morgan fingerprint density at radius 1 is 1.78 bits per heavy atom. The average Bonchev–Trinajstić information content (AvgIpc) is 2.47. The number of carbonyl (C=O) groups is 1. The number of hydrogen-bond donors (Lipinski definition) is 1. The maximum atomic E-state index is 10.4. The van der Waals surface area contributed by atoms with Crippen LogP contribution in [0.4, 0.5) is 0 Å². The molecule has 9 heavy (non-hydrogen) atoms. The van der Waals surface area contributed by atoms with E-state index in [-0.39, 0.29) is 18.7 Å². The number of hydrogen-bond acceptors (Lipinski definition) is 3. The lowest BCUT2D eigenvalue weighted by Crippen LogP contribution is -2.24. The second kappa shape index (κ2) is 1.70. The van der Waals surface area contributed by atoms with Crippen LogP contribution in [0.2, 0.25) is 0 Å². The van der Waals surface area contributed by atoms with Crippen molar-refractivity contribution in [2.45, 2.75) is 20.0 Å². The molecule has 1 N–H and O–H groups in total. The third-order valence-corrected chi connectivity index (χ3v) is 1.51. The van der Waals surface area contributed by atoms with Crippen LogP contribution in [0.1, 0.15) is 13.8 Å². The standard InChI is InChI=1S/C6H10O3/c1-6(2,3-7)4-5(8)9-4/h4,7H,3H2,1-2H3/t4-/m1/s1. The molecular weight excluding hydrogens is 120 g/mol. The Labute approximate surface area is 53.6 Å². The molecule has 3 nitrogen and oxygen atoms in total. The highest BCUT2D eigenvalue weighted by Crippen LogP contribution is 2.32. The maximum Gasteiger partial charge on any atom is 0.348 e. The summed E-state index contributed by atoms with van der Waals surface area (Å²) in [6, 6.07) is 0. The Balaban J connectivity index is 2.51. The molecule has 1 aliphatic heterocycles. The quantitative estimate of drug-likeness (QED) is 0.532. The van der Waals surface area contributed by atoms with E-state index < -0.39 is 5.41 Å². The van der Waals surface area contributed by atoms with Crippen LogP contribution in [-0.2, 0) is 9.53 Å². The summed E-state index contributed by atoms with van der Waals surface area (Å²) < 4.78 is 4.57. The molecule has 1 saturated heterocycles. The van der Waals surface area contributed by atoms with Gasteiger partial charge in [-0.3, -0.25) is 0 Å². The molecule has 0 amide bonds. The molecule has 0 aliphatic carbocycles. The van der Waals surface area contributed by atoms with E-state index in [1.807, 2.05) is 0 Å². The maximum absolute atomic E-state index is 10.4. The molecule has 0 bridgehead atoms. The Hall–Kier alpha value is -0.570. The zero-order chi connectivity index (χ0) is 7.07. The number of aliphatic hydroxyl groups is 1. The molecule has 1 aliphatic rings. The Morgan fingerprint density at radius 3 is 2.33 bits per heavy atom. The fraction of sp³-hybridized carbons (Fsp3) is 0.833. The topological polar surface area (TPSA) is 49.8 Å². The van der Waals surface area contributed by atoms with Crippen molar-refractivity contribution < 1.29 is 14.6 Å². The van der Waals surface area contributed by atoms with Gasteiger partial charge in [0.2, 0.25) is 6.10 Å². The minimum absolute atomic E-state index is 0.0105. The summed E-state index contributed by atoms with van der Waals surface area (Å²) in [5.74, 6) is -0.200. The second-order valence-corrected chi connectivity index (χ2v) is 2.96. The van der Waals surface area contributed by atoms with Crippen LogP contribution in [-0.4, -0.2) is 23.8 Å². The van der Waals surface area contributed by atoms with Crippen molar-refractivity contribution in [1.82, 2.24) is 0 Å². The minimum atomic E-state index is -0.392. The van der Waals surface area contributed by atoms with E-state index in [1.165, 1.54) is 0 Å². The summed E-state index contributed by atoms with van der Waals surface area (Å²) in [7, 11) is 0. The van der Waals surface area contributed by atoms with Crippen LogP contribution < -0.4 is 0 Å². The van der Waals surface area contributed by atoms with Gasteiger partial charge < -0.3 is 9.84 Å². The Bertz CT molecular complexity index is 139. The van der Waals surface area contributed by atoms with Gasteiger partial charge in [0.15, 0.2) is 0 Å². The Kier molecular flexibility index (Phi) is 1.24. The van der Waals surface area contributed by atoms with E-state index >= 15 is 0 Å². The van der Waals surface area contributed by atoms with Gasteiger partial charge in [-0.05, 0) is 0 Å².